The molecule has 2 N–H and O–H groups in total. The van der Waals surface area contributed by atoms with Crippen LogP contribution in [0, 0.1) is 5.82 Å². The maximum atomic E-state index is 13.6. The van der Waals surface area contributed by atoms with Crippen LogP contribution in [0.25, 0.3) is 0 Å². The SMILES string of the molecule is O=C(Nc1nnc(C2CCCN2)o1)c1ccc(Cl)cc1F. The van der Waals surface area contributed by atoms with Crippen LogP contribution in [0.1, 0.15) is 35.1 Å². The molecule has 2 aromatic rings. The molecule has 0 bridgehead atoms. The van der Waals surface area contributed by atoms with Crippen molar-refractivity contribution >= 4 is 23.5 Å². The Balaban J connectivity index is 1.72. The first-order chi connectivity index (χ1) is 10.1. The number of rotatable bonds is 3. The van der Waals surface area contributed by atoms with E-state index in [0.29, 0.717) is 5.89 Å². The van der Waals surface area contributed by atoms with Gasteiger partial charge in [0.2, 0.25) is 5.89 Å². The summed E-state index contributed by atoms with van der Waals surface area (Å²) < 4.78 is 19.0. The van der Waals surface area contributed by atoms with Crippen LogP contribution < -0.4 is 10.6 Å². The van der Waals surface area contributed by atoms with Crippen LogP contribution in [0.4, 0.5) is 10.4 Å². The van der Waals surface area contributed by atoms with Crippen LogP contribution in [0.5, 0.6) is 0 Å². The molecule has 0 radical (unpaired) electrons. The van der Waals surface area contributed by atoms with Gasteiger partial charge in [0.15, 0.2) is 0 Å². The van der Waals surface area contributed by atoms with Crippen LogP contribution in [0.3, 0.4) is 0 Å². The smallest absolute Gasteiger partial charge is 0.322 e. The zero-order valence-electron chi connectivity index (χ0n) is 10.9. The van der Waals surface area contributed by atoms with E-state index in [9.17, 15) is 9.18 Å². The predicted octanol–water partition coefficient (Wildman–Crippen LogP) is 2.54. The number of benzene rings is 1. The molecule has 1 aliphatic heterocycles. The number of nitrogens with one attached hydrogen (secondary N) is 2. The predicted molar refractivity (Wildman–Crippen MR) is 73.6 cm³/mol. The highest BCUT2D eigenvalue weighted by Crippen LogP contribution is 2.23. The highest BCUT2D eigenvalue weighted by Gasteiger charge is 2.23. The Morgan fingerprint density at radius 1 is 1.48 bits per heavy atom. The number of anilines is 1. The summed E-state index contributed by atoms with van der Waals surface area (Å²) in [4.78, 5) is 11.9. The Morgan fingerprint density at radius 3 is 3.05 bits per heavy atom. The lowest BCUT2D eigenvalue weighted by Gasteiger charge is -2.04. The first kappa shape index (κ1) is 14.0. The highest BCUT2D eigenvalue weighted by molar-refractivity contribution is 6.30. The minimum atomic E-state index is -0.711. The van der Waals surface area contributed by atoms with Gasteiger partial charge in [0.05, 0.1) is 11.6 Å². The minimum absolute atomic E-state index is 0.00965. The first-order valence-corrected chi connectivity index (χ1v) is 6.84. The summed E-state index contributed by atoms with van der Waals surface area (Å²) in [5.74, 6) is -0.963. The van der Waals surface area contributed by atoms with Crippen molar-refractivity contribution in [2.45, 2.75) is 18.9 Å². The largest absolute Gasteiger partial charge is 0.406 e. The molecule has 1 aliphatic rings. The van der Waals surface area contributed by atoms with Crippen molar-refractivity contribution in [2.24, 2.45) is 0 Å². The third kappa shape index (κ3) is 3.03. The van der Waals surface area contributed by atoms with Crippen molar-refractivity contribution in [3.63, 3.8) is 0 Å². The quantitative estimate of drug-likeness (QED) is 0.910. The van der Waals surface area contributed by atoms with Gasteiger partial charge >= 0.3 is 6.01 Å². The zero-order chi connectivity index (χ0) is 14.8. The number of amides is 1. The van der Waals surface area contributed by atoms with E-state index in [1.54, 1.807) is 0 Å². The fraction of sp³-hybridized carbons (Fsp3) is 0.308. The van der Waals surface area contributed by atoms with Crippen LogP contribution in [0.15, 0.2) is 22.6 Å². The third-order valence-corrected chi connectivity index (χ3v) is 3.43. The molecular weight excluding hydrogens is 299 g/mol. The summed E-state index contributed by atoms with van der Waals surface area (Å²) in [6.45, 7) is 0.894. The van der Waals surface area contributed by atoms with Crippen molar-refractivity contribution in [1.29, 1.82) is 0 Å². The normalized spacial score (nSPS) is 17.9. The number of aromatic nitrogens is 2. The van der Waals surface area contributed by atoms with Gasteiger partial charge in [0, 0.05) is 5.02 Å². The van der Waals surface area contributed by atoms with Gasteiger partial charge < -0.3 is 9.73 Å². The Labute approximate surface area is 124 Å². The van der Waals surface area contributed by atoms with E-state index in [1.807, 2.05) is 0 Å². The lowest BCUT2D eigenvalue weighted by Crippen LogP contribution is -2.14. The molecule has 1 fully saturated rings. The number of carbonyl (C=O) groups excluding carboxylic acids is 1. The monoisotopic (exact) mass is 310 g/mol. The number of hydrogen-bond donors (Lipinski definition) is 2. The van der Waals surface area contributed by atoms with Crippen molar-refractivity contribution in [1.82, 2.24) is 15.5 Å². The second-order valence-corrected chi connectivity index (χ2v) is 5.11. The van der Waals surface area contributed by atoms with Crippen LogP contribution in [0.2, 0.25) is 5.02 Å². The Kier molecular flexibility index (Phi) is 3.85. The molecule has 1 atom stereocenters. The molecule has 0 aliphatic carbocycles. The van der Waals surface area contributed by atoms with Crippen LogP contribution in [-0.2, 0) is 0 Å². The molecule has 1 saturated heterocycles. The molecular formula is C13H12ClFN4O2. The number of halogens is 2. The molecule has 6 nitrogen and oxygen atoms in total. The second kappa shape index (κ2) is 5.79. The molecule has 21 heavy (non-hydrogen) atoms. The molecule has 1 aromatic heterocycles. The summed E-state index contributed by atoms with van der Waals surface area (Å²) in [6.07, 6.45) is 1.94. The molecule has 110 valence electrons. The fourth-order valence-corrected chi connectivity index (χ4v) is 2.32. The lowest BCUT2D eigenvalue weighted by atomic mass is 10.2. The maximum Gasteiger partial charge on any atom is 0.322 e. The van der Waals surface area contributed by atoms with Gasteiger partial charge in [-0.1, -0.05) is 16.7 Å². The van der Waals surface area contributed by atoms with Crippen molar-refractivity contribution in [3.05, 3.63) is 40.5 Å². The minimum Gasteiger partial charge on any atom is -0.406 e. The topological polar surface area (TPSA) is 80.0 Å². The average molecular weight is 311 g/mol. The van der Waals surface area contributed by atoms with Crippen molar-refractivity contribution in [2.75, 3.05) is 11.9 Å². The van der Waals surface area contributed by atoms with Crippen molar-refractivity contribution < 1.29 is 13.6 Å². The second-order valence-electron chi connectivity index (χ2n) is 4.67. The third-order valence-electron chi connectivity index (χ3n) is 3.20. The van der Waals surface area contributed by atoms with Gasteiger partial charge in [-0.05, 0) is 37.6 Å². The van der Waals surface area contributed by atoms with E-state index in [2.05, 4.69) is 20.8 Å². The Morgan fingerprint density at radius 2 is 2.33 bits per heavy atom. The Bertz CT molecular complexity index is 670. The number of carbonyl (C=O) groups is 1. The summed E-state index contributed by atoms with van der Waals surface area (Å²) in [5, 5.41) is 13.4. The number of hydrogen-bond acceptors (Lipinski definition) is 5. The van der Waals surface area contributed by atoms with Crippen LogP contribution in [-0.4, -0.2) is 22.6 Å². The summed E-state index contributed by atoms with van der Waals surface area (Å²) in [7, 11) is 0. The summed E-state index contributed by atoms with van der Waals surface area (Å²) in [6, 6.07) is 3.75. The van der Waals surface area contributed by atoms with E-state index in [1.165, 1.54) is 12.1 Å². The molecule has 1 amide bonds. The van der Waals surface area contributed by atoms with Gasteiger partial charge in [0.25, 0.3) is 5.91 Å². The average Bonchev–Trinajstić information content (AvgIpc) is 3.08. The van der Waals surface area contributed by atoms with E-state index < -0.39 is 11.7 Å². The number of nitrogens with zero attached hydrogens (tertiary/aromatic N) is 2. The van der Waals surface area contributed by atoms with E-state index in [-0.39, 0.29) is 22.6 Å². The molecule has 0 saturated carbocycles. The van der Waals surface area contributed by atoms with Gasteiger partial charge in [-0.25, -0.2) is 4.39 Å². The standard InChI is InChI=1S/C13H12ClFN4O2/c14-7-3-4-8(9(15)6-7)11(20)17-13-19-18-12(21-13)10-2-1-5-16-10/h3-4,6,10,16H,1-2,5H2,(H,17,19,20). The zero-order valence-corrected chi connectivity index (χ0v) is 11.7. The molecule has 8 heteroatoms. The van der Waals surface area contributed by atoms with Gasteiger partial charge in [-0.2, -0.15) is 0 Å². The first-order valence-electron chi connectivity index (χ1n) is 6.46. The maximum absolute atomic E-state index is 13.6. The lowest BCUT2D eigenvalue weighted by molar-refractivity contribution is 0.102. The molecule has 3 rings (SSSR count). The summed E-state index contributed by atoms with van der Waals surface area (Å²) >= 11 is 5.64. The summed E-state index contributed by atoms with van der Waals surface area (Å²) in [5.41, 5.74) is -0.141. The molecule has 2 heterocycles. The Hall–Kier alpha value is -1.99. The molecule has 1 unspecified atom stereocenters. The molecule has 0 spiro atoms. The van der Waals surface area contributed by atoms with E-state index in [4.69, 9.17) is 16.0 Å². The van der Waals surface area contributed by atoms with Gasteiger partial charge in [-0.3, -0.25) is 10.1 Å². The highest BCUT2D eigenvalue weighted by atomic mass is 35.5. The van der Waals surface area contributed by atoms with Gasteiger partial charge in [0.1, 0.15) is 5.82 Å². The van der Waals surface area contributed by atoms with E-state index >= 15 is 0 Å². The van der Waals surface area contributed by atoms with Gasteiger partial charge in [-0.15, -0.1) is 5.10 Å². The fourth-order valence-electron chi connectivity index (χ4n) is 2.16. The van der Waals surface area contributed by atoms with E-state index in [0.717, 1.165) is 25.5 Å². The molecule has 1 aromatic carbocycles. The van der Waals surface area contributed by atoms with Crippen LogP contribution >= 0.6 is 11.6 Å². The van der Waals surface area contributed by atoms with Crippen molar-refractivity contribution in [3.8, 4) is 0 Å².